The number of imidazole rings is 1. The molecule has 0 aliphatic carbocycles. The molecule has 0 aliphatic heterocycles. The van der Waals surface area contributed by atoms with Crippen LogP contribution in [0, 0.1) is 0 Å². The van der Waals surface area contributed by atoms with Crippen LogP contribution in [0.5, 0.6) is 0 Å². The molecule has 16 heavy (non-hydrogen) atoms. The van der Waals surface area contributed by atoms with Gasteiger partial charge in [-0.3, -0.25) is 4.79 Å². The second kappa shape index (κ2) is 4.28. The Kier molecular flexibility index (Phi) is 2.82. The van der Waals surface area contributed by atoms with Crippen LogP contribution in [0.25, 0.3) is 0 Å². The Balaban J connectivity index is 2.21. The van der Waals surface area contributed by atoms with Crippen molar-refractivity contribution < 1.29 is 4.79 Å². The third-order valence-electron chi connectivity index (χ3n) is 1.93. The molecule has 2 aromatic heterocycles. The van der Waals surface area contributed by atoms with Crippen LogP contribution in [0.1, 0.15) is 10.5 Å². The van der Waals surface area contributed by atoms with Crippen LogP contribution in [0.3, 0.4) is 0 Å². The smallest absolute Gasteiger partial charge is 0.275 e. The number of nitrogens with zero attached hydrogens (tertiary/aromatic N) is 4. The Labute approximate surface area is 96.3 Å². The largest absolute Gasteiger partial charge is 0.330 e. The van der Waals surface area contributed by atoms with Gasteiger partial charge in [0.15, 0.2) is 11.0 Å². The first kappa shape index (κ1) is 10.6. The fourth-order valence-corrected chi connectivity index (χ4v) is 1.30. The molecule has 1 amide bonds. The molecule has 0 fully saturated rings. The molecular weight excluding hydrogens is 230 g/mol. The fourth-order valence-electron chi connectivity index (χ4n) is 1.15. The lowest BCUT2D eigenvalue weighted by Crippen LogP contribution is -2.16. The van der Waals surface area contributed by atoms with E-state index in [2.05, 4.69) is 20.3 Å². The minimum Gasteiger partial charge on any atom is -0.330 e. The Hall–Kier alpha value is -1.95. The Morgan fingerprint density at radius 2 is 2.19 bits per heavy atom. The number of aromatic nitrogens is 4. The Morgan fingerprint density at radius 1 is 1.44 bits per heavy atom. The maximum absolute atomic E-state index is 11.7. The number of rotatable bonds is 2. The monoisotopic (exact) mass is 237 g/mol. The molecule has 0 aromatic carbocycles. The van der Waals surface area contributed by atoms with E-state index in [0.717, 1.165) is 0 Å². The number of halogens is 1. The molecule has 0 aliphatic rings. The van der Waals surface area contributed by atoms with E-state index in [1.807, 2.05) is 0 Å². The van der Waals surface area contributed by atoms with Crippen LogP contribution >= 0.6 is 11.6 Å². The molecule has 0 saturated heterocycles. The van der Waals surface area contributed by atoms with Gasteiger partial charge in [-0.05, 0) is 0 Å². The van der Waals surface area contributed by atoms with Gasteiger partial charge in [0, 0.05) is 19.4 Å². The minimum absolute atomic E-state index is 0.151. The molecule has 1 N–H and O–H groups in total. The van der Waals surface area contributed by atoms with Crippen LogP contribution in [0.4, 0.5) is 5.82 Å². The zero-order valence-electron chi connectivity index (χ0n) is 8.38. The third-order valence-corrected chi connectivity index (χ3v) is 2.21. The van der Waals surface area contributed by atoms with Crippen molar-refractivity contribution in [2.75, 3.05) is 5.32 Å². The van der Waals surface area contributed by atoms with E-state index in [1.165, 1.54) is 24.9 Å². The molecular formula is C9H8ClN5O. The number of hydrogen-bond donors (Lipinski definition) is 1. The predicted octanol–water partition coefficient (Wildman–Crippen LogP) is 1.12. The molecule has 0 radical (unpaired) electrons. The van der Waals surface area contributed by atoms with Gasteiger partial charge in [0.25, 0.3) is 5.91 Å². The summed E-state index contributed by atoms with van der Waals surface area (Å²) < 4.78 is 1.60. The number of amides is 1. The van der Waals surface area contributed by atoms with Gasteiger partial charge >= 0.3 is 0 Å². The molecule has 6 nitrogen and oxygen atoms in total. The molecule has 7 heteroatoms. The lowest BCUT2D eigenvalue weighted by molar-refractivity contribution is 0.101. The van der Waals surface area contributed by atoms with Gasteiger partial charge in [-0.25, -0.2) is 15.0 Å². The van der Waals surface area contributed by atoms with Gasteiger partial charge in [0.05, 0.1) is 12.5 Å². The van der Waals surface area contributed by atoms with Crippen molar-refractivity contribution in [1.29, 1.82) is 0 Å². The summed E-state index contributed by atoms with van der Waals surface area (Å²) in [6.07, 6.45) is 5.89. The average Bonchev–Trinajstić information content (AvgIpc) is 2.68. The van der Waals surface area contributed by atoms with E-state index in [0.29, 0.717) is 5.69 Å². The van der Waals surface area contributed by atoms with E-state index >= 15 is 0 Å². The maximum atomic E-state index is 11.7. The van der Waals surface area contributed by atoms with Crippen molar-refractivity contribution in [2.24, 2.45) is 7.05 Å². The molecule has 0 atom stereocenters. The van der Waals surface area contributed by atoms with E-state index in [-0.39, 0.29) is 16.9 Å². The first-order chi connectivity index (χ1) is 7.68. The summed E-state index contributed by atoms with van der Waals surface area (Å²) in [5, 5.41) is 2.70. The molecule has 2 heterocycles. The summed E-state index contributed by atoms with van der Waals surface area (Å²) >= 11 is 5.76. The summed E-state index contributed by atoms with van der Waals surface area (Å²) in [6, 6.07) is 0. The SMILES string of the molecule is Cn1cncc1C(=O)Nc1nccnc1Cl. The van der Waals surface area contributed by atoms with Gasteiger partial charge in [-0.2, -0.15) is 0 Å². The highest BCUT2D eigenvalue weighted by Crippen LogP contribution is 2.14. The molecule has 2 aromatic rings. The van der Waals surface area contributed by atoms with Gasteiger partial charge < -0.3 is 9.88 Å². The van der Waals surface area contributed by atoms with Crippen molar-refractivity contribution in [3.8, 4) is 0 Å². The molecule has 0 bridgehead atoms. The lowest BCUT2D eigenvalue weighted by Gasteiger charge is -2.04. The third kappa shape index (κ3) is 2.01. The van der Waals surface area contributed by atoms with E-state index in [4.69, 9.17) is 11.6 Å². The highest BCUT2D eigenvalue weighted by molar-refractivity contribution is 6.32. The highest BCUT2D eigenvalue weighted by Gasteiger charge is 2.12. The minimum atomic E-state index is -0.331. The summed E-state index contributed by atoms with van der Waals surface area (Å²) in [4.78, 5) is 23.3. The number of anilines is 1. The summed E-state index contributed by atoms with van der Waals surface area (Å²) in [5.74, 6) is -0.0993. The van der Waals surface area contributed by atoms with Gasteiger partial charge in [-0.15, -0.1) is 0 Å². The van der Waals surface area contributed by atoms with Gasteiger partial charge in [-0.1, -0.05) is 11.6 Å². The molecule has 0 spiro atoms. The van der Waals surface area contributed by atoms with Crippen molar-refractivity contribution in [1.82, 2.24) is 19.5 Å². The first-order valence-electron chi connectivity index (χ1n) is 4.42. The molecule has 0 saturated carbocycles. The zero-order chi connectivity index (χ0) is 11.5. The average molecular weight is 238 g/mol. The molecule has 82 valence electrons. The summed E-state index contributed by atoms with van der Waals surface area (Å²) in [6.45, 7) is 0. The second-order valence-electron chi connectivity index (χ2n) is 3.04. The second-order valence-corrected chi connectivity index (χ2v) is 3.40. The van der Waals surface area contributed by atoms with Crippen LogP contribution in [-0.4, -0.2) is 25.4 Å². The van der Waals surface area contributed by atoms with Crippen LogP contribution in [0.2, 0.25) is 5.15 Å². The number of nitrogens with one attached hydrogen (secondary N) is 1. The molecule has 0 unspecified atom stereocenters. The van der Waals surface area contributed by atoms with Crippen molar-refractivity contribution >= 4 is 23.3 Å². The van der Waals surface area contributed by atoms with Crippen molar-refractivity contribution in [3.05, 3.63) is 35.8 Å². The fraction of sp³-hybridized carbons (Fsp3) is 0.111. The van der Waals surface area contributed by atoms with Crippen LogP contribution < -0.4 is 5.32 Å². The topological polar surface area (TPSA) is 72.7 Å². The predicted molar refractivity (Wildman–Crippen MR) is 58.2 cm³/mol. The number of hydrogen-bond acceptors (Lipinski definition) is 4. The van der Waals surface area contributed by atoms with Gasteiger partial charge in [0.1, 0.15) is 5.69 Å². The summed E-state index contributed by atoms with van der Waals surface area (Å²) in [7, 11) is 1.72. The normalized spacial score (nSPS) is 10.1. The Morgan fingerprint density at radius 3 is 2.81 bits per heavy atom. The van der Waals surface area contributed by atoms with Crippen molar-refractivity contribution in [3.63, 3.8) is 0 Å². The summed E-state index contributed by atoms with van der Waals surface area (Å²) in [5.41, 5.74) is 0.418. The van der Waals surface area contributed by atoms with Crippen molar-refractivity contribution in [2.45, 2.75) is 0 Å². The highest BCUT2D eigenvalue weighted by atomic mass is 35.5. The van der Waals surface area contributed by atoms with Gasteiger partial charge in [0.2, 0.25) is 0 Å². The standard InChI is InChI=1S/C9H8ClN5O/c1-15-5-11-4-6(15)9(16)14-8-7(10)12-2-3-13-8/h2-5H,1H3,(H,13,14,16). The number of carbonyl (C=O) groups excluding carboxylic acids is 1. The lowest BCUT2D eigenvalue weighted by atomic mass is 10.4. The number of carbonyl (C=O) groups is 1. The molecule has 2 rings (SSSR count). The van der Waals surface area contributed by atoms with Crippen LogP contribution in [0.15, 0.2) is 24.9 Å². The van der Waals surface area contributed by atoms with E-state index in [9.17, 15) is 4.79 Å². The maximum Gasteiger partial charge on any atom is 0.275 e. The zero-order valence-corrected chi connectivity index (χ0v) is 9.14. The van der Waals surface area contributed by atoms with E-state index in [1.54, 1.807) is 11.6 Å². The Bertz CT molecular complexity index is 524. The first-order valence-corrected chi connectivity index (χ1v) is 4.80. The van der Waals surface area contributed by atoms with E-state index < -0.39 is 0 Å². The van der Waals surface area contributed by atoms with Crippen LogP contribution in [-0.2, 0) is 7.05 Å². The number of aryl methyl sites for hydroxylation is 1. The quantitative estimate of drug-likeness (QED) is 0.849.